The lowest BCUT2D eigenvalue weighted by molar-refractivity contribution is 1.07. The fraction of sp³-hybridized carbons (Fsp3) is 0.0667. The molecule has 0 amide bonds. The Labute approximate surface area is 99.0 Å². The van der Waals surface area contributed by atoms with Gasteiger partial charge in [-0.3, -0.25) is 0 Å². The van der Waals surface area contributed by atoms with Crippen molar-refractivity contribution in [1.82, 2.24) is 9.97 Å². The van der Waals surface area contributed by atoms with E-state index in [0.29, 0.717) is 0 Å². The first-order chi connectivity index (χ1) is 8.43. The molecule has 2 heteroatoms. The van der Waals surface area contributed by atoms with Crippen molar-refractivity contribution < 1.29 is 0 Å². The molecule has 0 spiro atoms. The molecule has 17 heavy (non-hydrogen) atoms. The first-order valence-corrected chi connectivity index (χ1v) is 5.73. The summed E-state index contributed by atoms with van der Waals surface area (Å²) >= 11 is 0. The number of hydrogen-bond acceptors (Lipinski definition) is 2. The lowest BCUT2D eigenvalue weighted by atomic mass is 9.87. The topological polar surface area (TPSA) is 25.8 Å². The summed E-state index contributed by atoms with van der Waals surface area (Å²) < 4.78 is 0. The minimum absolute atomic E-state index is 0.935. The van der Waals surface area contributed by atoms with Gasteiger partial charge in [0.15, 0.2) is 0 Å². The van der Waals surface area contributed by atoms with Gasteiger partial charge in [-0.15, -0.1) is 0 Å². The average molecular weight is 218 g/mol. The molecule has 2 nitrogen and oxygen atoms in total. The summed E-state index contributed by atoms with van der Waals surface area (Å²) in [7, 11) is 0. The van der Waals surface area contributed by atoms with Gasteiger partial charge in [-0.2, -0.15) is 0 Å². The third-order valence-corrected chi connectivity index (χ3v) is 3.42. The van der Waals surface area contributed by atoms with Crippen LogP contribution in [0.1, 0.15) is 11.1 Å². The van der Waals surface area contributed by atoms with Crippen LogP contribution in [0.25, 0.3) is 22.0 Å². The van der Waals surface area contributed by atoms with Gasteiger partial charge in [0.2, 0.25) is 0 Å². The van der Waals surface area contributed by atoms with E-state index in [-0.39, 0.29) is 0 Å². The second-order valence-corrected chi connectivity index (χ2v) is 4.39. The molecule has 0 aliphatic heterocycles. The Morgan fingerprint density at radius 2 is 1.82 bits per heavy atom. The summed E-state index contributed by atoms with van der Waals surface area (Å²) in [5.74, 6) is 0. The Morgan fingerprint density at radius 1 is 0.941 bits per heavy atom. The molecule has 0 saturated carbocycles. The maximum Gasteiger partial charge on any atom is 0.116 e. The Hall–Kier alpha value is -2.22. The molecule has 0 radical (unpaired) electrons. The molecule has 2 aromatic carbocycles. The van der Waals surface area contributed by atoms with Crippen molar-refractivity contribution in [2.45, 2.75) is 6.42 Å². The van der Waals surface area contributed by atoms with Gasteiger partial charge in [0.05, 0.1) is 5.69 Å². The molecular formula is C15H10N2. The van der Waals surface area contributed by atoms with Gasteiger partial charge in [0, 0.05) is 23.7 Å². The number of aromatic nitrogens is 2. The van der Waals surface area contributed by atoms with E-state index in [4.69, 9.17) is 0 Å². The van der Waals surface area contributed by atoms with Crippen LogP contribution in [0.5, 0.6) is 0 Å². The summed E-state index contributed by atoms with van der Waals surface area (Å²) in [5.41, 5.74) is 4.92. The average Bonchev–Trinajstić information content (AvgIpc) is 2.39. The highest BCUT2D eigenvalue weighted by Crippen LogP contribution is 2.37. The molecule has 1 aliphatic rings. The van der Waals surface area contributed by atoms with Crippen LogP contribution in [0, 0.1) is 0 Å². The number of fused-ring (bicyclic) bond motifs is 2. The molecule has 0 N–H and O–H groups in total. The van der Waals surface area contributed by atoms with E-state index in [1.807, 2.05) is 6.20 Å². The van der Waals surface area contributed by atoms with Crippen molar-refractivity contribution in [1.29, 1.82) is 0 Å². The van der Waals surface area contributed by atoms with Crippen LogP contribution in [-0.4, -0.2) is 9.97 Å². The maximum absolute atomic E-state index is 4.43. The number of benzene rings is 2. The van der Waals surface area contributed by atoms with Crippen molar-refractivity contribution in [3.05, 3.63) is 60.0 Å². The summed E-state index contributed by atoms with van der Waals surface area (Å²) in [5, 5.41) is 2.64. The minimum atomic E-state index is 0.935. The van der Waals surface area contributed by atoms with Crippen molar-refractivity contribution in [2.24, 2.45) is 0 Å². The summed E-state index contributed by atoms with van der Waals surface area (Å²) in [6.07, 6.45) is 4.49. The first kappa shape index (κ1) is 8.88. The fourth-order valence-corrected chi connectivity index (χ4v) is 2.70. The van der Waals surface area contributed by atoms with E-state index >= 15 is 0 Å². The van der Waals surface area contributed by atoms with Gasteiger partial charge in [0.1, 0.15) is 6.33 Å². The first-order valence-electron chi connectivity index (χ1n) is 5.73. The second kappa shape index (κ2) is 3.14. The molecule has 0 saturated heterocycles. The van der Waals surface area contributed by atoms with E-state index in [9.17, 15) is 0 Å². The highest BCUT2D eigenvalue weighted by Gasteiger charge is 2.18. The predicted molar refractivity (Wildman–Crippen MR) is 67.8 cm³/mol. The molecule has 3 aromatic rings. The van der Waals surface area contributed by atoms with Crippen LogP contribution in [-0.2, 0) is 6.42 Å². The van der Waals surface area contributed by atoms with Crippen LogP contribution in [0.3, 0.4) is 0 Å². The van der Waals surface area contributed by atoms with Gasteiger partial charge in [-0.25, -0.2) is 9.97 Å². The Bertz CT molecular complexity index is 727. The second-order valence-electron chi connectivity index (χ2n) is 4.39. The van der Waals surface area contributed by atoms with E-state index in [1.165, 1.54) is 27.5 Å². The monoisotopic (exact) mass is 218 g/mol. The van der Waals surface area contributed by atoms with Gasteiger partial charge in [0.25, 0.3) is 0 Å². The molecular weight excluding hydrogens is 208 g/mol. The SMILES string of the molecule is c1cc2c3c(cccc3c1)-c1ncncc1C2. The molecule has 1 heterocycles. The van der Waals surface area contributed by atoms with Gasteiger partial charge in [-0.1, -0.05) is 36.4 Å². The zero-order chi connectivity index (χ0) is 11.2. The van der Waals surface area contributed by atoms with Gasteiger partial charge < -0.3 is 0 Å². The minimum Gasteiger partial charge on any atom is -0.244 e. The zero-order valence-corrected chi connectivity index (χ0v) is 9.22. The number of rotatable bonds is 0. The van der Waals surface area contributed by atoms with Crippen molar-refractivity contribution in [2.75, 3.05) is 0 Å². The van der Waals surface area contributed by atoms with Crippen LogP contribution >= 0.6 is 0 Å². The highest BCUT2D eigenvalue weighted by molar-refractivity contribution is 6.00. The molecule has 4 rings (SSSR count). The third kappa shape index (κ3) is 1.15. The van der Waals surface area contributed by atoms with E-state index in [2.05, 4.69) is 46.4 Å². The van der Waals surface area contributed by atoms with E-state index < -0.39 is 0 Å². The molecule has 0 unspecified atom stereocenters. The predicted octanol–water partition coefficient (Wildman–Crippen LogP) is 3.20. The number of hydrogen-bond donors (Lipinski definition) is 0. The van der Waals surface area contributed by atoms with Crippen molar-refractivity contribution in [3.63, 3.8) is 0 Å². The Kier molecular flexibility index (Phi) is 1.64. The quantitative estimate of drug-likeness (QED) is 0.453. The molecule has 0 atom stereocenters. The summed E-state index contributed by atoms with van der Waals surface area (Å²) in [6.45, 7) is 0. The fourth-order valence-electron chi connectivity index (χ4n) is 2.70. The zero-order valence-electron chi connectivity index (χ0n) is 9.22. The summed E-state index contributed by atoms with van der Waals surface area (Å²) in [6, 6.07) is 12.9. The third-order valence-electron chi connectivity index (χ3n) is 3.42. The molecule has 80 valence electrons. The lowest BCUT2D eigenvalue weighted by Crippen LogP contribution is -2.03. The number of nitrogens with zero attached hydrogens (tertiary/aromatic N) is 2. The van der Waals surface area contributed by atoms with Crippen LogP contribution in [0.4, 0.5) is 0 Å². The summed E-state index contributed by atoms with van der Waals surface area (Å²) in [4.78, 5) is 8.56. The van der Waals surface area contributed by atoms with Gasteiger partial charge in [-0.05, 0) is 16.3 Å². The van der Waals surface area contributed by atoms with E-state index in [0.717, 1.165) is 12.1 Å². The van der Waals surface area contributed by atoms with Crippen LogP contribution in [0.2, 0.25) is 0 Å². The molecule has 1 aliphatic carbocycles. The van der Waals surface area contributed by atoms with Gasteiger partial charge >= 0.3 is 0 Å². The Morgan fingerprint density at radius 3 is 2.76 bits per heavy atom. The van der Waals surface area contributed by atoms with E-state index in [1.54, 1.807) is 6.33 Å². The Balaban J connectivity index is 2.22. The maximum atomic E-state index is 4.43. The smallest absolute Gasteiger partial charge is 0.116 e. The highest BCUT2D eigenvalue weighted by atomic mass is 14.8. The van der Waals surface area contributed by atoms with Crippen molar-refractivity contribution in [3.8, 4) is 11.3 Å². The molecule has 0 bridgehead atoms. The van der Waals surface area contributed by atoms with Crippen LogP contribution in [0.15, 0.2) is 48.9 Å². The van der Waals surface area contributed by atoms with Crippen LogP contribution < -0.4 is 0 Å². The van der Waals surface area contributed by atoms with Crippen molar-refractivity contribution >= 4 is 10.8 Å². The molecule has 0 fully saturated rings. The lowest BCUT2D eigenvalue weighted by Gasteiger charge is -2.18. The normalized spacial score (nSPS) is 12.5. The standard InChI is InChI=1S/C15H10N2/c1-3-10-4-2-6-13-14(10)11(5-1)7-12-8-16-9-17-15(12)13/h1-6,8-9H,7H2. The molecule has 1 aromatic heterocycles. The largest absolute Gasteiger partial charge is 0.244 e.